The standard InChI is InChI=1S/C18H18O.C4H6O2/c1-2-15-7-9-16(10-8-15)5-3-4-6-17-11-13-18(19)14-12-17;1-3-4(5)6-2/h3-14,19H,2H2,1H3;3H,1H2,2H3. The first kappa shape index (κ1) is 20.0. The van der Waals surface area contributed by atoms with Crippen molar-refractivity contribution in [3.8, 4) is 5.75 Å². The second-order valence-electron chi connectivity index (χ2n) is 5.13. The van der Waals surface area contributed by atoms with Gasteiger partial charge in [0.25, 0.3) is 0 Å². The number of carbonyl (C=O) groups excluding carboxylic acids is 1. The van der Waals surface area contributed by atoms with Gasteiger partial charge >= 0.3 is 5.97 Å². The van der Waals surface area contributed by atoms with E-state index in [1.807, 2.05) is 30.4 Å². The van der Waals surface area contributed by atoms with Gasteiger partial charge in [0.15, 0.2) is 0 Å². The zero-order valence-corrected chi connectivity index (χ0v) is 14.7. The van der Waals surface area contributed by atoms with Crippen molar-refractivity contribution in [2.75, 3.05) is 7.11 Å². The molecule has 1 N–H and O–H groups in total. The van der Waals surface area contributed by atoms with Crippen LogP contribution < -0.4 is 0 Å². The monoisotopic (exact) mass is 336 g/mol. The summed E-state index contributed by atoms with van der Waals surface area (Å²) >= 11 is 0. The number of esters is 1. The Morgan fingerprint density at radius 3 is 1.84 bits per heavy atom. The zero-order valence-electron chi connectivity index (χ0n) is 14.7. The lowest BCUT2D eigenvalue weighted by molar-refractivity contribution is -0.134. The highest BCUT2D eigenvalue weighted by Crippen LogP contribution is 2.11. The normalized spacial score (nSPS) is 10.3. The predicted octanol–water partition coefficient (Wildman–Crippen LogP) is 5.03. The lowest BCUT2D eigenvalue weighted by Gasteiger charge is -1.96. The van der Waals surface area contributed by atoms with Crippen LogP contribution in [0.3, 0.4) is 0 Å². The van der Waals surface area contributed by atoms with E-state index >= 15 is 0 Å². The van der Waals surface area contributed by atoms with Crippen molar-refractivity contribution in [1.82, 2.24) is 0 Å². The molecule has 0 unspecified atom stereocenters. The summed E-state index contributed by atoms with van der Waals surface area (Å²) in [6, 6.07) is 15.7. The number of phenolic OH excluding ortho intramolecular Hbond substituents is 1. The number of methoxy groups -OCH3 is 1. The molecule has 0 atom stereocenters. The zero-order chi connectivity index (χ0) is 18.5. The molecule has 0 amide bonds. The third-order valence-corrected chi connectivity index (χ3v) is 3.34. The molecule has 2 rings (SSSR count). The predicted molar refractivity (Wildman–Crippen MR) is 104 cm³/mol. The van der Waals surface area contributed by atoms with Crippen LogP contribution in [0.2, 0.25) is 0 Å². The molecule has 25 heavy (non-hydrogen) atoms. The lowest BCUT2D eigenvalue weighted by Crippen LogP contribution is -1.91. The summed E-state index contributed by atoms with van der Waals surface area (Å²) in [5, 5.41) is 9.18. The number of aromatic hydroxyl groups is 1. The van der Waals surface area contributed by atoms with E-state index in [1.165, 1.54) is 18.2 Å². The molecule has 2 aromatic carbocycles. The fourth-order valence-corrected chi connectivity index (χ4v) is 1.87. The molecule has 130 valence electrons. The maximum atomic E-state index is 9.84. The van der Waals surface area contributed by atoms with Crippen molar-refractivity contribution in [3.05, 3.63) is 90.0 Å². The van der Waals surface area contributed by atoms with Crippen LogP contribution in [-0.2, 0) is 16.0 Å². The van der Waals surface area contributed by atoms with Crippen LogP contribution in [0.15, 0.2) is 73.3 Å². The smallest absolute Gasteiger partial charge is 0.329 e. The molecule has 0 saturated heterocycles. The van der Waals surface area contributed by atoms with Gasteiger partial charge in [0.05, 0.1) is 7.11 Å². The molecule has 0 bridgehead atoms. The second kappa shape index (κ2) is 11.5. The highest BCUT2D eigenvalue weighted by atomic mass is 16.5. The quantitative estimate of drug-likeness (QED) is 0.473. The summed E-state index contributed by atoms with van der Waals surface area (Å²) < 4.78 is 4.14. The average Bonchev–Trinajstić information content (AvgIpc) is 2.67. The third-order valence-electron chi connectivity index (χ3n) is 3.34. The number of rotatable bonds is 5. The van der Waals surface area contributed by atoms with Crippen LogP contribution in [-0.4, -0.2) is 18.2 Å². The Morgan fingerprint density at radius 2 is 1.48 bits per heavy atom. The SMILES string of the molecule is C=CC(=O)OC.CCc1ccc(C=CC=Cc2ccc(O)cc2)cc1. The first-order valence-electron chi connectivity index (χ1n) is 8.02. The molecular weight excluding hydrogens is 312 g/mol. The van der Waals surface area contributed by atoms with Crippen LogP contribution in [0.1, 0.15) is 23.6 Å². The Hall–Kier alpha value is -3.07. The first-order valence-corrected chi connectivity index (χ1v) is 8.02. The number of phenols is 1. The van der Waals surface area contributed by atoms with Crippen LogP contribution in [0.25, 0.3) is 12.2 Å². The fraction of sp³-hybridized carbons (Fsp3) is 0.136. The highest BCUT2D eigenvalue weighted by molar-refractivity contribution is 5.80. The summed E-state index contributed by atoms with van der Waals surface area (Å²) in [5.74, 6) is -0.0984. The summed E-state index contributed by atoms with van der Waals surface area (Å²) in [5.41, 5.74) is 3.63. The molecule has 0 aliphatic heterocycles. The number of benzene rings is 2. The average molecular weight is 336 g/mol. The Balaban J connectivity index is 0.000000450. The van der Waals surface area contributed by atoms with Gasteiger partial charge in [-0.3, -0.25) is 0 Å². The molecule has 2 aromatic rings. The van der Waals surface area contributed by atoms with Gasteiger partial charge in [-0.15, -0.1) is 0 Å². The van der Waals surface area contributed by atoms with Crippen molar-refractivity contribution in [2.24, 2.45) is 0 Å². The van der Waals surface area contributed by atoms with E-state index in [2.05, 4.69) is 48.6 Å². The summed E-state index contributed by atoms with van der Waals surface area (Å²) in [6.45, 7) is 5.31. The van der Waals surface area contributed by atoms with E-state index < -0.39 is 5.97 Å². The molecule has 0 aromatic heterocycles. The summed E-state index contributed by atoms with van der Waals surface area (Å²) in [4.78, 5) is 9.84. The Bertz CT molecular complexity index is 708. The number of allylic oxidation sites excluding steroid dienone is 2. The van der Waals surface area contributed by atoms with Crippen molar-refractivity contribution in [2.45, 2.75) is 13.3 Å². The molecule has 0 aliphatic carbocycles. The third kappa shape index (κ3) is 8.37. The van der Waals surface area contributed by atoms with Gasteiger partial charge in [-0.2, -0.15) is 0 Å². The molecule has 0 heterocycles. The number of hydrogen-bond acceptors (Lipinski definition) is 3. The van der Waals surface area contributed by atoms with Crippen LogP contribution >= 0.6 is 0 Å². The van der Waals surface area contributed by atoms with Gasteiger partial charge < -0.3 is 9.84 Å². The van der Waals surface area contributed by atoms with E-state index in [0.29, 0.717) is 5.75 Å². The molecule has 0 spiro atoms. The largest absolute Gasteiger partial charge is 0.508 e. The molecule has 0 saturated carbocycles. The summed E-state index contributed by atoms with van der Waals surface area (Å²) in [6.07, 6.45) is 10.3. The fourth-order valence-electron chi connectivity index (χ4n) is 1.87. The molecule has 3 heteroatoms. The Kier molecular flexibility index (Phi) is 9.16. The van der Waals surface area contributed by atoms with Gasteiger partial charge in [-0.25, -0.2) is 4.79 Å². The lowest BCUT2D eigenvalue weighted by atomic mass is 10.1. The highest BCUT2D eigenvalue weighted by Gasteiger charge is 1.89. The molecule has 0 fully saturated rings. The van der Waals surface area contributed by atoms with Crippen LogP contribution in [0.4, 0.5) is 0 Å². The minimum Gasteiger partial charge on any atom is -0.508 e. The van der Waals surface area contributed by atoms with Crippen LogP contribution in [0, 0.1) is 0 Å². The van der Waals surface area contributed by atoms with E-state index in [1.54, 1.807) is 12.1 Å². The minimum atomic E-state index is -0.394. The van der Waals surface area contributed by atoms with Gasteiger partial charge in [0.1, 0.15) is 5.75 Å². The van der Waals surface area contributed by atoms with E-state index in [9.17, 15) is 9.90 Å². The maximum Gasteiger partial charge on any atom is 0.329 e. The van der Waals surface area contributed by atoms with E-state index in [4.69, 9.17) is 0 Å². The Labute approximate surface area is 149 Å². The molecule has 0 radical (unpaired) electrons. The van der Waals surface area contributed by atoms with Gasteiger partial charge in [-0.1, -0.05) is 74.2 Å². The number of aryl methyl sites for hydroxylation is 1. The van der Waals surface area contributed by atoms with Crippen molar-refractivity contribution < 1.29 is 14.6 Å². The molecule has 3 nitrogen and oxygen atoms in total. The van der Waals surface area contributed by atoms with E-state index in [0.717, 1.165) is 18.1 Å². The minimum absolute atomic E-state index is 0.295. The Morgan fingerprint density at radius 1 is 1.00 bits per heavy atom. The maximum absolute atomic E-state index is 9.84. The number of hydrogen-bond donors (Lipinski definition) is 1. The number of ether oxygens (including phenoxy) is 1. The van der Waals surface area contributed by atoms with Crippen molar-refractivity contribution >= 4 is 18.1 Å². The van der Waals surface area contributed by atoms with Crippen molar-refractivity contribution in [3.63, 3.8) is 0 Å². The number of carbonyl (C=O) groups is 1. The van der Waals surface area contributed by atoms with Gasteiger partial charge in [0.2, 0.25) is 0 Å². The van der Waals surface area contributed by atoms with Gasteiger partial charge in [-0.05, 0) is 35.2 Å². The molecular formula is C22H24O3. The first-order chi connectivity index (χ1) is 12.1. The summed E-state index contributed by atoms with van der Waals surface area (Å²) in [7, 11) is 1.31. The topological polar surface area (TPSA) is 46.5 Å². The molecule has 0 aliphatic rings. The van der Waals surface area contributed by atoms with Crippen molar-refractivity contribution in [1.29, 1.82) is 0 Å². The van der Waals surface area contributed by atoms with Gasteiger partial charge in [0, 0.05) is 6.08 Å². The second-order valence-corrected chi connectivity index (χ2v) is 5.13. The van der Waals surface area contributed by atoms with E-state index in [-0.39, 0.29) is 0 Å². The van der Waals surface area contributed by atoms with Crippen LogP contribution in [0.5, 0.6) is 5.75 Å².